The molecule has 106 valence electrons. The summed E-state index contributed by atoms with van der Waals surface area (Å²) in [6.07, 6.45) is 5.09. The molecule has 2 rings (SSSR count). The van der Waals surface area contributed by atoms with Crippen LogP contribution in [0.1, 0.15) is 38.7 Å². The molecular weight excluding hydrogens is 232 g/mol. The molecule has 2 nitrogen and oxygen atoms in total. The van der Waals surface area contributed by atoms with Gasteiger partial charge in [0.05, 0.1) is 0 Å². The zero-order chi connectivity index (χ0) is 13.5. The summed E-state index contributed by atoms with van der Waals surface area (Å²) >= 11 is 0. The summed E-state index contributed by atoms with van der Waals surface area (Å²) < 4.78 is 0. The van der Waals surface area contributed by atoms with E-state index in [4.69, 9.17) is 0 Å². The van der Waals surface area contributed by atoms with Gasteiger partial charge in [-0.1, -0.05) is 44.2 Å². The van der Waals surface area contributed by atoms with Gasteiger partial charge in [0, 0.05) is 18.6 Å². The normalized spacial score (nSPS) is 21.5. The van der Waals surface area contributed by atoms with Gasteiger partial charge in [0.15, 0.2) is 0 Å². The molecule has 0 spiro atoms. The maximum Gasteiger partial charge on any atom is 0.0224 e. The van der Waals surface area contributed by atoms with Crippen molar-refractivity contribution in [2.24, 2.45) is 0 Å². The summed E-state index contributed by atoms with van der Waals surface area (Å²) in [5.41, 5.74) is 1.47. The minimum Gasteiger partial charge on any atom is -0.315 e. The second kappa shape index (κ2) is 7.66. The molecule has 2 atom stereocenters. The highest BCUT2D eigenvalue weighted by atomic mass is 15.2. The number of nitrogens with zero attached hydrogens (tertiary/aromatic N) is 1. The van der Waals surface area contributed by atoms with Crippen molar-refractivity contribution in [3.8, 4) is 0 Å². The van der Waals surface area contributed by atoms with E-state index in [2.05, 4.69) is 54.4 Å². The molecular formula is C17H28N2. The predicted octanol–water partition coefficient (Wildman–Crippen LogP) is 3.08. The van der Waals surface area contributed by atoms with Gasteiger partial charge in [-0.2, -0.15) is 0 Å². The Hall–Kier alpha value is -0.860. The zero-order valence-electron chi connectivity index (χ0n) is 12.4. The van der Waals surface area contributed by atoms with Crippen LogP contribution in [0, 0.1) is 0 Å². The van der Waals surface area contributed by atoms with Gasteiger partial charge >= 0.3 is 0 Å². The van der Waals surface area contributed by atoms with Gasteiger partial charge < -0.3 is 5.32 Å². The number of piperidine rings is 1. The summed E-state index contributed by atoms with van der Waals surface area (Å²) in [4.78, 5) is 2.72. The Kier molecular flexibility index (Phi) is 5.87. The van der Waals surface area contributed by atoms with Crippen LogP contribution in [0.15, 0.2) is 30.3 Å². The number of hydrogen-bond acceptors (Lipinski definition) is 2. The Morgan fingerprint density at radius 2 is 2.05 bits per heavy atom. The first-order chi connectivity index (χ1) is 9.35. The molecule has 1 aromatic carbocycles. The Morgan fingerprint density at radius 1 is 1.26 bits per heavy atom. The molecule has 1 heterocycles. The van der Waals surface area contributed by atoms with Gasteiger partial charge in [-0.3, -0.25) is 4.90 Å². The van der Waals surface area contributed by atoms with E-state index >= 15 is 0 Å². The van der Waals surface area contributed by atoms with Crippen molar-refractivity contribution < 1.29 is 0 Å². The minimum atomic E-state index is 0.678. The van der Waals surface area contributed by atoms with Crippen molar-refractivity contribution in [2.75, 3.05) is 19.6 Å². The van der Waals surface area contributed by atoms with E-state index in [1.807, 2.05) is 0 Å². The molecule has 19 heavy (non-hydrogen) atoms. The average molecular weight is 260 g/mol. The summed E-state index contributed by atoms with van der Waals surface area (Å²) in [5.74, 6) is 0. The van der Waals surface area contributed by atoms with Crippen molar-refractivity contribution in [1.82, 2.24) is 10.2 Å². The fourth-order valence-corrected chi connectivity index (χ4v) is 3.31. The molecule has 0 radical (unpaired) electrons. The Morgan fingerprint density at radius 3 is 2.63 bits per heavy atom. The molecule has 0 aliphatic carbocycles. The van der Waals surface area contributed by atoms with E-state index in [1.54, 1.807) is 0 Å². The van der Waals surface area contributed by atoms with E-state index in [0.29, 0.717) is 6.04 Å². The van der Waals surface area contributed by atoms with Gasteiger partial charge in [-0.25, -0.2) is 0 Å². The third-order valence-corrected chi connectivity index (χ3v) is 4.36. The molecule has 1 aromatic rings. The van der Waals surface area contributed by atoms with Gasteiger partial charge in [0.25, 0.3) is 0 Å². The monoisotopic (exact) mass is 260 g/mol. The van der Waals surface area contributed by atoms with Crippen molar-refractivity contribution >= 4 is 0 Å². The standard InChI is InChI=1S/C17H28N2/c1-3-16(13-15-9-6-5-7-10-15)19(4-2)17-11-8-12-18-14-17/h5-7,9-10,16-18H,3-4,8,11-14H2,1-2H3. The summed E-state index contributed by atoms with van der Waals surface area (Å²) in [6.45, 7) is 8.16. The third-order valence-electron chi connectivity index (χ3n) is 4.36. The molecule has 2 unspecified atom stereocenters. The van der Waals surface area contributed by atoms with E-state index < -0.39 is 0 Å². The largest absolute Gasteiger partial charge is 0.315 e. The van der Waals surface area contributed by atoms with E-state index in [1.165, 1.54) is 44.3 Å². The SMILES string of the molecule is CCC(Cc1ccccc1)N(CC)C1CCCNC1. The van der Waals surface area contributed by atoms with Crippen LogP contribution in [0.2, 0.25) is 0 Å². The highest BCUT2D eigenvalue weighted by Gasteiger charge is 2.25. The predicted molar refractivity (Wildman–Crippen MR) is 82.5 cm³/mol. The lowest BCUT2D eigenvalue weighted by Gasteiger charge is -2.39. The second-order valence-electron chi connectivity index (χ2n) is 5.58. The Labute approximate surface area is 118 Å². The van der Waals surface area contributed by atoms with Crippen LogP contribution < -0.4 is 5.32 Å². The lowest BCUT2D eigenvalue weighted by molar-refractivity contribution is 0.115. The number of hydrogen-bond donors (Lipinski definition) is 1. The van der Waals surface area contributed by atoms with Crippen molar-refractivity contribution in [1.29, 1.82) is 0 Å². The second-order valence-corrected chi connectivity index (χ2v) is 5.58. The molecule has 0 saturated carbocycles. The summed E-state index contributed by atoms with van der Waals surface area (Å²) in [7, 11) is 0. The first-order valence-electron chi connectivity index (χ1n) is 7.85. The number of rotatable bonds is 6. The van der Waals surface area contributed by atoms with E-state index in [-0.39, 0.29) is 0 Å². The Balaban J connectivity index is 2.01. The van der Waals surface area contributed by atoms with Crippen LogP contribution in [0.4, 0.5) is 0 Å². The fourth-order valence-electron chi connectivity index (χ4n) is 3.31. The Bertz CT molecular complexity index is 344. The van der Waals surface area contributed by atoms with Gasteiger partial charge in [0.2, 0.25) is 0 Å². The van der Waals surface area contributed by atoms with Crippen LogP contribution in [0.3, 0.4) is 0 Å². The quantitative estimate of drug-likeness (QED) is 0.845. The number of nitrogens with one attached hydrogen (secondary N) is 1. The number of benzene rings is 1. The van der Waals surface area contributed by atoms with Gasteiger partial charge in [-0.15, -0.1) is 0 Å². The average Bonchev–Trinajstić information content (AvgIpc) is 2.49. The lowest BCUT2D eigenvalue weighted by Crippen LogP contribution is -2.50. The zero-order valence-corrected chi connectivity index (χ0v) is 12.4. The molecule has 0 aromatic heterocycles. The number of likely N-dealkylation sites (N-methyl/N-ethyl adjacent to an activating group) is 1. The maximum absolute atomic E-state index is 3.55. The van der Waals surface area contributed by atoms with Gasteiger partial charge in [0.1, 0.15) is 0 Å². The fraction of sp³-hybridized carbons (Fsp3) is 0.647. The van der Waals surface area contributed by atoms with Crippen LogP contribution in [-0.4, -0.2) is 36.6 Å². The molecule has 2 heteroatoms. The molecule has 1 aliphatic rings. The van der Waals surface area contributed by atoms with Crippen LogP contribution in [0.5, 0.6) is 0 Å². The minimum absolute atomic E-state index is 0.678. The van der Waals surface area contributed by atoms with E-state index in [0.717, 1.165) is 12.6 Å². The smallest absolute Gasteiger partial charge is 0.0224 e. The lowest BCUT2D eigenvalue weighted by atomic mass is 9.98. The van der Waals surface area contributed by atoms with Crippen LogP contribution in [0.25, 0.3) is 0 Å². The first-order valence-corrected chi connectivity index (χ1v) is 7.85. The van der Waals surface area contributed by atoms with Crippen molar-refractivity contribution in [3.05, 3.63) is 35.9 Å². The maximum atomic E-state index is 3.55. The van der Waals surface area contributed by atoms with Crippen molar-refractivity contribution in [2.45, 2.75) is 51.6 Å². The summed E-state index contributed by atoms with van der Waals surface area (Å²) in [6, 6.07) is 12.3. The topological polar surface area (TPSA) is 15.3 Å². The van der Waals surface area contributed by atoms with Crippen LogP contribution in [-0.2, 0) is 6.42 Å². The highest BCUT2D eigenvalue weighted by molar-refractivity contribution is 5.16. The molecule has 1 aliphatic heterocycles. The van der Waals surface area contributed by atoms with E-state index in [9.17, 15) is 0 Å². The van der Waals surface area contributed by atoms with Crippen LogP contribution >= 0.6 is 0 Å². The van der Waals surface area contributed by atoms with Crippen molar-refractivity contribution in [3.63, 3.8) is 0 Å². The molecule has 1 saturated heterocycles. The first kappa shape index (κ1) is 14.5. The molecule has 0 amide bonds. The van der Waals surface area contributed by atoms with Gasteiger partial charge in [-0.05, 0) is 44.3 Å². The third kappa shape index (κ3) is 4.05. The molecule has 1 fully saturated rings. The molecule has 0 bridgehead atoms. The summed E-state index contributed by atoms with van der Waals surface area (Å²) in [5, 5.41) is 3.55. The highest BCUT2D eigenvalue weighted by Crippen LogP contribution is 2.18. The molecule has 1 N–H and O–H groups in total.